The molecule has 3 aromatic rings. The smallest absolute Gasteiger partial charge is 0.152 e. The normalized spacial score (nSPS) is 15.1. The summed E-state index contributed by atoms with van der Waals surface area (Å²) >= 11 is 3.42. The summed E-state index contributed by atoms with van der Waals surface area (Å²) in [5.74, 6) is 5.88. The number of halogens is 1. The topological polar surface area (TPSA) is 65.7 Å². The van der Waals surface area contributed by atoms with Crippen LogP contribution in [0.2, 0.25) is 0 Å². The van der Waals surface area contributed by atoms with Crippen molar-refractivity contribution in [1.82, 2.24) is 25.0 Å². The molecule has 0 aromatic carbocycles. The molecule has 0 radical (unpaired) electrons. The van der Waals surface area contributed by atoms with Crippen LogP contribution in [0.15, 0.2) is 47.5 Å². The lowest BCUT2D eigenvalue weighted by Gasteiger charge is -2.40. The van der Waals surface area contributed by atoms with E-state index in [1.165, 1.54) is 0 Å². The zero-order chi connectivity index (χ0) is 17.3. The van der Waals surface area contributed by atoms with Crippen molar-refractivity contribution in [3.05, 3.63) is 58.7 Å². The lowest BCUT2D eigenvalue weighted by atomic mass is 9.92. The van der Waals surface area contributed by atoms with Crippen molar-refractivity contribution < 1.29 is 4.74 Å². The minimum Gasteiger partial charge on any atom is -0.375 e. The second-order valence-corrected chi connectivity index (χ2v) is 6.69. The summed E-state index contributed by atoms with van der Waals surface area (Å²) in [6.07, 6.45) is 7.19. The Morgan fingerprint density at radius 3 is 2.80 bits per heavy atom. The van der Waals surface area contributed by atoms with E-state index in [1.807, 2.05) is 29.1 Å². The predicted octanol–water partition coefficient (Wildman–Crippen LogP) is 2.64. The van der Waals surface area contributed by atoms with Crippen LogP contribution in [-0.2, 0) is 10.3 Å². The van der Waals surface area contributed by atoms with Gasteiger partial charge in [0.2, 0.25) is 0 Å². The maximum atomic E-state index is 5.47. The second-order valence-electron chi connectivity index (χ2n) is 5.77. The minimum absolute atomic E-state index is 0.416. The molecule has 1 aliphatic rings. The van der Waals surface area contributed by atoms with E-state index in [1.54, 1.807) is 25.5 Å². The molecule has 0 amide bonds. The number of nitrogens with zero attached hydrogens (tertiary/aromatic N) is 5. The molecule has 0 unspecified atom stereocenters. The third-order valence-electron chi connectivity index (χ3n) is 4.12. The van der Waals surface area contributed by atoms with Crippen molar-refractivity contribution in [2.24, 2.45) is 0 Å². The van der Waals surface area contributed by atoms with E-state index in [-0.39, 0.29) is 0 Å². The van der Waals surface area contributed by atoms with Gasteiger partial charge in [-0.3, -0.25) is 9.97 Å². The molecule has 0 bridgehead atoms. The van der Waals surface area contributed by atoms with Crippen molar-refractivity contribution in [2.75, 3.05) is 13.2 Å². The van der Waals surface area contributed by atoms with Crippen LogP contribution in [0.1, 0.15) is 18.2 Å². The zero-order valence-electron chi connectivity index (χ0n) is 13.5. The monoisotopic (exact) mass is 395 g/mol. The molecule has 1 aliphatic heterocycles. The molecule has 124 valence electrons. The lowest BCUT2D eigenvalue weighted by molar-refractivity contribution is -0.0851. The van der Waals surface area contributed by atoms with E-state index < -0.39 is 5.54 Å². The van der Waals surface area contributed by atoms with Crippen molar-refractivity contribution in [1.29, 1.82) is 0 Å². The third kappa shape index (κ3) is 2.84. The Morgan fingerprint density at radius 2 is 2.12 bits per heavy atom. The molecule has 0 N–H and O–H groups in total. The van der Waals surface area contributed by atoms with Crippen LogP contribution in [0, 0.1) is 11.8 Å². The predicted molar refractivity (Wildman–Crippen MR) is 95.6 cm³/mol. The van der Waals surface area contributed by atoms with Gasteiger partial charge in [0.15, 0.2) is 5.54 Å². The standard InChI is InChI=1S/C18H14BrN5O/c1-2-3-13-6-14(8-20-7-13)16-10-24(23-22-16)18(11-25-12-18)17-5-4-15(19)9-21-17/h4-10H,11-12H2,1H3. The molecule has 7 heteroatoms. The Balaban J connectivity index is 1.71. The van der Waals surface area contributed by atoms with Gasteiger partial charge in [-0.1, -0.05) is 11.1 Å². The molecule has 0 atom stereocenters. The van der Waals surface area contributed by atoms with E-state index in [9.17, 15) is 0 Å². The molecular formula is C18H14BrN5O. The van der Waals surface area contributed by atoms with E-state index in [0.29, 0.717) is 13.2 Å². The quantitative estimate of drug-likeness (QED) is 0.637. The Labute approximate surface area is 153 Å². The summed E-state index contributed by atoms with van der Waals surface area (Å²) in [5.41, 5.74) is 2.97. The fraction of sp³-hybridized carbons (Fsp3) is 0.222. The number of pyridine rings is 2. The van der Waals surface area contributed by atoms with Gasteiger partial charge < -0.3 is 4.74 Å². The van der Waals surface area contributed by atoms with Crippen LogP contribution >= 0.6 is 15.9 Å². The Hall–Kier alpha value is -2.56. The van der Waals surface area contributed by atoms with Crippen LogP contribution in [0.25, 0.3) is 11.3 Å². The summed E-state index contributed by atoms with van der Waals surface area (Å²) in [7, 11) is 0. The van der Waals surface area contributed by atoms with Gasteiger partial charge in [-0.2, -0.15) is 0 Å². The molecule has 6 nitrogen and oxygen atoms in total. The molecule has 25 heavy (non-hydrogen) atoms. The highest BCUT2D eigenvalue weighted by atomic mass is 79.9. The van der Waals surface area contributed by atoms with Gasteiger partial charge in [0, 0.05) is 34.2 Å². The van der Waals surface area contributed by atoms with Gasteiger partial charge in [-0.25, -0.2) is 4.68 Å². The molecule has 1 fully saturated rings. The largest absolute Gasteiger partial charge is 0.375 e. The van der Waals surface area contributed by atoms with Gasteiger partial charge in [0.1, 0.15) is 5.69 Å². The number of rotatable bonds is 3. The second kappa shape index (κ2) is 6.39. The molecule has 0 saturated carbocycles. The highest BCUT2D eigenvalue weighted by Crippen LogP contribution is 2.33. The van der Waals surface area contributed by atoms with E-state index in [4.69, 9.17) is 4.74 Å². The molecular weight excluding hydrogens is 382 g/mol. The van der Waals surface area contributed by atoms with Crippen molar-refractivity contribution in [2.45, 2.75) is 12.5 Å². The van der Waals surface area contributed by atoms with Crippen LogP contribution in [0.3, 0.4) is 0 Å². The number of hydrogen-bond donors (Lipinski definition) is 0. The number of ether oxygens (including phenoxy) is 1. The van der Waals surface area contributed by atoms with Crippen molar-refractivity contribution in [3.63, 3.8) is 0 Å². The first-order valence-corrected chi connectivity index (χ1v) is 8.51. The Bertz CT molecular complexity index is 967. The van der Waals surface area contributed by atoms with Crippen molar-refractivity contribution in [3.8, 4) is 23.1 Å². The summed E-state index contributed by atoms with van der Waals surface area (Å²) in [5, 5.41) is 8.64. The van der Waals surface area contributed by atoms with E-state index >= 15 is 0 Å². The average molecular weight is 396 g/mol. The summed E-state index contributed by atoms with van der Waals surface area (Å²) in [6, 6.07) is 5.91. The van der Waals surface area contributed by atoms with Crippen LogP contribution < -0.4 is 0 Å². The van der Waals surface area contributed by atoms with Crippen molar-refractivity contribution >= 4 is 15.9 Å². The lowest BCUT2D eigenvalue weighted by Crippen LogP contribution is -2.53. The van der Waals surface area contributed by atoms with Gasteiger partial charge in [0.05, 0.1) is 25.1 Å². The minimum atomic E-state index is -0.416. The highest BCUT2D eigenvalue weighted by Gasteiger charge is 2.45. The Morgan fingerprint density at radius 1 is 1.24 bits per heavy atom. The first kappa shape index (κ1) is 15.9. The maximum Gasteiger partial charge on any atom is 0.152 e. The summed E-state index contributed by atoms with van der Waals surface area (Å²) < 4.78 is 8.24. The molecule has 4 heterocycles. The number of hydrogen-bond acceptors (Lipinski definition) is 5. The SMILES string of the molecule is CC#Cc1cncc(-c2cn(C3(c4ccc(Br)cn4)COC3)nn2)c1. The van der Waals surface area contributed by atoms with Gasteiger partial charge in [-0.15, -0.1) is 11.0 Å². The fourth-order valence-electron chi connectivity index (χ4n) is 2.74. The summed E-state index contributed by atoms with van der Waals surface area (Å²) in [6.45, 7) is 2.84. The molecule has 0 spiro atoms. The van der Waals surface area contributed by atoms with Crippen LogP contribution in [-0.4, -0.2) is 38.2 Å². The number of aromatic nitrogens is 5. The van der Waals surface area contributed by atoms with Crippen LogP contribution in [0.4, 0.5) is 0 Å². The summed E-state index contributed by atoms with van der Waals surface area (Å²) in [4.78, 5) is 8.75. The third-order valence-corrected chi connectivity index (χ3v) is 4.59. The van der Waals surface area contributed by atoms with E-state index in [2.05, 4.69) is 48.1 Å². The molecule has 4 rings (SSSR count). The average Bonchev–Trinajstić information content (AvgIpc) is 3.06. The molecule has 3 aromatic heterocycles. The fourth-order valence-corrected chi connectivity index (χ4v) is 2.98. The highest BCUT2D eigenvalue weighted by molar-refractivity contribution is 9.10. The van der Waals surface area contributed by atoms with Gasteiger partial charge in [0.25, 0.3) is 0 Å². The molecule has 1 saturated heterocycles. The van der Waals surface area contributed by atoms with Gasteiger partial charge in [-0.05, 0) is 41.1 Å². The zero-order valence-corrected chi connectivity index (χ0v) is 15.1. The van der Waals surface area contributed by atoms with Gasteiger partial charge >= 0.3 is 0 Å². The first-order valence-electron chi connectivity index (χ1n) is 7.72. The molecule has 0 aliphatic carbocycles. The van der Waals surface area contributed by atoms with E-state index in [0.717, 1.165) is 27.0 Å². The first-order chi connectivity index (χ1) is 12.2. The van der Waals surface area contributed by atoms with Crippen LogP contribution in [0.5, 0.6) is 0 Å². The maximum absolute atomic E-state index is 5.47. The Kier molecular flexibility index (Phi) is 4.07.